The van der Waals surface area contributed by atoms with Gasteiger partial charge in [0.15, 0.2) is 0 Å². The van der Waals surface area contributed by atoms with Gasteiger partial charge in [0, 0.05) is 19.1 Å². The van der Waals surface area contributed by atoms with Crippen molar-refractivity contribution >= 4 is 17.4 Å². The molecule has 1 aliphatic heterocycles. The van der Waals surface area contributed by atoms with Crippen LogP contribution in [0.2, 0.25) is 5.15 Å². The Balaban J connectivity index is 1.71. The lowest BCUT2D eigenvalue weighted by molar-refractivity contribution is 0.0898. The number of anilines is 1. The van der Waals surface area contributed by atoms with Crippen LogP contribution in [-0.2, 0) is 11.2 Å². The third-order valence-electron chi connectivity index (χ3n) is 3.77. The van der Waals surface area contributed by atoms with E-state index in [0.717, 1.165) is 43.4 Å². The fourth-order valence-electron chi connectivity index (χ4n) is 2.72. The zero-order valence-electron chi connectivity index (χ0n) is 11.2. The largest absolute Gasteiger partial charge is 0.376 e. The van der Waals surface area contributed by atoms with E-state index < -0.39 is 0 Å². The maximum Gasteiger partial charge on any atom is 0.134 e. The van der Waals surface area contributed by atoms with Crippen LogP contribution < -0.4 is 5.32 Å². The highest BCUT2D eigenvalue weighted by Gasteiger charge is 2.40. The van der Waals surface area contributed by atoms with Gasteiger partial charge < -0.3 is 10.1 Å². The summed E-state index contributed by atoms with van der Waals surface area (Å²) in [6.45, 7) is 2.96. The fourth-order valence-corrected chi connectivity index (χ4v) is 2.92. The minimum Gasteiger partial charge on any atom is -0.376 e. The Bertz CT molecular complexity index is 450. The third kappa shape index (κ3) is 3.18. The van der Waals surface area contributed by atoms with Gasteiger partial charge in [0.25, 0.3) is 0 Å². The summed E-state index contributed by atoms with van der Waals surface area (Å²) >= 11 is 6.06. The monoisotopic (exact) mass is 281 g/mol. The summed E-state index contributed by atoms with van der Waals surface area (Å²) < 4.78 is 5.83. The van der Waals surface area contributed by atoms with Gasteiger partial charge >= 0.3 is 0 Å². The number of hydrogen-bond donors (Lipinski definition) is 1. The molecule has 0 radical (unpaired) electrons. The number of nitrogens with zero attached hydrogens (tertiary/aromatic N) is 2. The first kappa shape index (κ1) is 13.1. The smallest absolute Gasteiger partial charge is 0.134 e. The molecule has 0 amide bonds. The van der Waals surface area contributed by atoms with Gasteiger partial charge in [0.05, 0.1) is 12.1 Å². The van der Waals surface area contributed by atoms with E-state index in [1.54, 1.807) is 0 Å². The summed E-state index contributed by atoms with van der Waals surface area (Å²) in [5.74, 6) is 2.40. The molecular formula is C14H20ClN3O. The van der Waals surface area contributed by atoms with Crippen molar-refractivity contribution in [1.82, 2.24) is 9.97 Å². The first-order valence-electron chi connectivity index (χ1n) is 7.18. The van der Waals surface area contributed by atoms with Crippen molar-refractivity contribution in [2.24, 2.45) is 5.92 Å². The van der Waals surface area contributed by atoms with Gasteiger partial charge in [-0.3, -0.25) is 0 Å². The Morgan fingerprint density at radius 2 is 2.21 bits per heavy atom. The highest BCUT2D eigenvalue weighted by atomic mass is 35.5. The van der Waals surface area contributed by atoms with E-state index in [0.29, 0.717) is 17.3 Å². The molecule has 0 spiro atoms. The highest BCUT2D eigenvalue weighted by Crippen LogP contribution is 2.39. The number of aryl methyl sites for hydroxylation is 1. The van der Waals surface area contributed by atoms with Crippen molar-refractivity contribution in [1.29, 1.82) is 0 Å². The lowest BCUT2D eigenvalue weighted by Crippen LogP contribution is -2.31. The van der Waals surface area contributed by atoms with Gasteiger partial charge in [-0.2, -0.15) is 0 Å². The van der Waals surface area contributed by atoms with Crippen LogP contribution in [0, 0.1) is 5.92 Å². The summed E-state index contributed by atoms with van der Waals surface area (Å²) in [6, 6.07) is 2.18. The summed E-state index contributed by atoms with van der Waals surface area (Å²) in [5, 5.41) is 4.01. The Morgan fingerprint density at radius 3 is 2.95 bits per heavy atom. The molecule has 2 aliphatic rings. The molecule has 1 saturated carbocycles. The van der Waals surface area contributed by atoms with Crippen LogP contribution in [0.5, 0.6) is 0 Å². The van der Waals surface area contributed by atoms with Crippen LogP contribution in [-0.4, -0.2) is 28.7 Å². The second kappa shape index (κ2) is 5.63. The van der Waals surface area contributed by atoms with E-state index in [9.17, 15) is 0 Å². The van der Waals surface area contributed by atoms with Gasteiger partial charge in [-0.1, -0.05) is 18.5 Å². The van der Waals surface area contributed by atoms with E-state index in [-0.39, 0.29) is 0 Å². The molecule has 2 heterocycles. The molecular weight excluding hydrogens is 262 g/mol. The van der Waals surface area contributed by atoms with Crippen molar-refractivity contribution in [3.8, 4) is 0 Å². The fraction of sp³-hybridized carbons (Fsp3) is 0.714. The third-order valence-corrected chi connectivity index (χ3v) is 3.96. The molecule has 104 valence electrons. The quantitative estimate of drug-likeness (QED) is 0.843. The van der Waals surface area contributed by atoms with Crippen LogP contribution in [0.25, 0.3) is 0 Å². The van der Waals surface area contributed by atoms with Crippen LogP contribution in [0.1, 0.15) is 38.4 Å². The van der Waals surface area contributed by atoms with Crippen molar-refractivity contribution in [3.63, 3.8) is 0 Å². The van der Waals surface area contributed by atoms with Crippen molar-refractivity contribution in [2.45, 2.75) is 51.2 Å². The van der Waals surface area contributed by atoms with Gasteiger partial charge in [0.1, 0.15) is 16.8 Å². The summed E-state index contributed by atoms with van der Waals surface area (Å²) in [5.41, 5.74) is 0. The Labute approximate surface area is 118 Å². The number of nitrogens with one attached hydrogen (secondary N) is 1. The molecule has 19 heavy (non-hydrogen) atoms. The molecule has 2 atom stereocenters. The maximum atomic E-state index is 6.06. The lowest BCUT2D eigenvalue weighted by atomic mass is 10.1. The first-order valence-corrected chi connectivity index (χ1v) is 7.55. The summed E-state index contributed by atoms with van der Waals surface area (Å²) in [6.07, 6.45) is 5.89. The number of ether oxygens (including phenoxy) is 1. The first-order chi connectivity index (χ1) is 9.26. The van der Waals surface area contributed by atoms with E-state index in [1.807, 2.05) is 6.07 Å². The Morgan fingerprint density at radius 1 is 1.37 bits per heavy atom. The van der Waals surface area contributed by atoms with Gasteiger partial charge in [0.2, 0.25) is 0 Å². The van der Waals surface area contributed by atoms with E-state index in [4.69, 9.17) is 16.3 Å². The number of aromatic nitrogens is 2. The lowest BCUT2D eigenvalue weighted by Gasteiger charge is -2.20. The normalized spacial score (nSPS) is 26.6. The average Bonchev–Trinajstić information content (AvgIpc) is 3.10. The molecule has 4 nitrogen and oxygen atoms in total. The van der Waals surface area contributed by atoms with Gasteiger partial charge in [-0.05, 0) is 31.6 Å². The molecule has 1 aromatic rings. The average molecular weight is 282 g/mol. The minimum absolute atomic E-state index is 0.350. The molecule has 3 rings (SSSR count). The predicted octanol–water partition coefficient (Wildman–Crippen LogP) is 3.06. The van der Waals surface area contributed by atoms with Crippen molar-refractivity contribution < 1.29 is 4.74 Å². The SMILES string of the molecule is CCCc1nc(Cl)cc(NC2CCOC2C2CC2)n1. The van der Waals surface area contributed by atoms with Crippen LogP contribution >= 0.6 is 11.6 Å². The molecule has 0 bridgehead atoms. The maximum absolute atomic E-state index is 6.06. The molecule has 1 aliphatic carbocycles. The summed E-state index contributed by atoms with van der Waals surface area (Å²) in [4.78, 5) is 8.79. The molecule has 2 fully saturated rings. The van der Waals surface area contributed by atoms with Gasteiger partial charge in [-0.15, -0.1) is 0 Å². The zero-order valence-corrected chi connectivity index (χ0v) is 12.0. The topological polar surface area (TPSA) is 47.0 Å². The van der Waals surface area contributed by atoms with Crippen molar-refractivity contribution in [3.05, 3.63) is 17.0 Å². The molecule has 2 unspecified atom stereocenters. The number of halogens is 1. The van der Waals surface area contributed by atoms with Gasteiger partial charge in [-0.25, -0.2) is 9.97 Å². The van der Waals surface area contributed by atoms with E-state index >= 15 is 0 Å². The Hall–Kier alpha value is -0.870. The second-order valence-corrected chi connectivity index (χ2v) is 5.84. The van der Waals surface area contributed by atoms with E-state index in [2.05, 4.69) is 22.2 Å². The predicted molar refractivity (Wildman–Crippen MR) is 75.5 cm³/mol. The number of rotatable bonds is 5. The number of hydrogen-bond acceptors (Lipinski definition) is 4. The van der Waals surface area contributed by atoms with Crippen molar-refractivity contribution in [2.75, 3.05) is 11.9 Å². The zero-order chi connectivity index (χ0) is 13.2. The molecule has 1 aromatic heterocycles. The summed E-state index contributed by atoms with van der Waals surface area (Å²) in [7, 11) is 0. The molecule has 0 aromatic carbocycles. The van der Waals surface area contributed by atoms with E-state index in [1.165, 1.54) is 12.8 Å². The second-order valence-electron chi connectivity index (χ2n) is 5.45. The molecule has 5 heteroatoms. The van der Waals surface area contributed by atoms with Crippen LogP contribution in [0.3, 0.4) is 0 Å². The van der Waals surface area contributed by atoms with Crippen LogP contribution in [0.15, 0.2) is 6.07 Å². The minimum atomic E-state index is 0.350. The molecule has 1 N–H and O–H groups in total. The highest BCUT2D eigenvalue weighted by molar-refractivity contribution is 6.29. The van der Waals surface area contributed by atoms with Crippen LogP contribution in [0.4, 0.5) is 5.82 Å². The molecule has 1 saturated heterocycles. The standard InChI is InChI=1S/C14H20ClN3O/c1-2-3-12-17-11(15)8-13(18-12)16-10-6-7-19-14(10)9-4-5-9/h8-10,14H,2-7H2,1H3,(H,16,17,18). The Kier molecular flexibility index (Phi) is 3.89.